The molecule has 0 bridgehead atoms. The van der Waals surface area contributed by atoms with Crippen molar-refractivity contribution in [2.75, 3.05) is 0 Å². The summed E-state index contributed by atoms with van der Waals surface area (Å²) in [6, 6.07) is 78.0. The Balaban J connectivity index is 0.972. The molecule has 0 saturated heterocycles. The third-order valence-corrected chi connectivity index (χ3v) is 12.3. The van der Waals surface area contributed by atoms with Gasteiger partial charge in [0.25, 0.3) is 0 Å². The number of aryl methyl sites for hydroxylation is 1. The Morgan fingerprint density at radius 3 is 1.23 bits per heavy atom. The van der Waals surface area contributed by atoms with Gasteiger partial charge in [0.2, 0.25) is 0 Å². The molecule has 0 aliphatic carbocycles. The zero-order valence-corrected chi connectivity index (χ0v) is 33.7. The second-order valence-corrected chi connectivity index (χ2v) is 16.0. The minimum Gasteiger partial charge on any atom is -0.309 e. The van der Waals surface area contributed by atoms with Crippen molar-refractivity contribution < 1.29 is 0 Å². The van der Waals surface area contributed by atoms with Gasteiger partial charge in [0.05, 0.1) is 22.1 Å². The summed E-state index contributed by atoms with van der Waals surface area (Å²) in [5.74, 6) is 0. The lowest BCUT2D eigenvalue weighted by Gasteiger charge is -2.11. The normalized spacial score (nSPS) is 11.6. The molecule has 0 amide bonds. The van der Waals surface area contributed by atoms with Crippen molar-refractivity contribution in [2.45, 2.75) is 26.2 Å². The van der Waals surface area contributed by atoms with Gasteiger partial charge in [-0.2, -0.15) is 0 Å². The van der Waals surface area contributed by atoms with Crippen LogP contribution in [-0.4, -0.2) is 9.13 Å². The maximum Gasteiger partial charge on any atom is 0.0548 e. The smallest absolute Gasteiger partial charge is 0.0548 e. The van der Waals surface area contributed by atoms with E-state index in [2.05, 4.69) is 228 Å². The fraction of sp³-hybridized carbons (Fsp3) is 0.0690. The standard InChI is InChI=1S/C58H44N2/c1-2-3-13-40-14-11-17-46(38-40)44-26-24-42(25-27-44)43-28-32-49(33-29-43)59-53-22-9-7-20-51(53)57-55(59)36-37-56-58(57)52-21-8-10-23-54(52)60(56)50-34-30-45(31-35-50)48-19-12-18-47(39-48)41-15-5-4-6-16-41/h4-12,14-39H,2-3,13H2,1H3. The number of hydrogen-bond donors (Lipinski definition) is 0. The third-order valence-electron chi connectivity index (χ3n) is 12.3. The summed E-state index contributed by atoms with van der Waals surface area (Å²) in [4.78, 5) is 0. The van der Waals surface area contributed by atoms with Crippen molar-refractivity contribution in [3.63, 3.8) is 0 Å². The average Bonchev–Trinajstić information content (AvgIpc) is 3.84. The van der Waals surface area contributed by atoms with E-state index >= 15 is 0 Å². The molecule has 2 nitrogen and oxygen atoms in total. The van der Waals surface area contributed by atoms with Crippen LogP contribution in [0, 0.1) is 0 Å². The van der Waals surface area contributed by atoms with Crippen molar-refractivity contribution >= 4 is 43.6 Å². The van der Waals surface area contributed by atoms with Gasteiger partial charge in [-0.3, -0.25) is 0 Å². The fourth-order valence-corrected chi connectivity index (χ4v) is 9.33. The highest BCUT2D eigenvalue weighted by molar-refractivity contribution is 6.28. The molecule has 2 aromatic heterocycles. The molecule has 2 heterocycles. The monoisotopic (exact) mass is 768 g/mol. The van der Waals surface area contributed by atoms with E-state index < -0.39 is 0 Å². The van der Waals surface area contributed by atoms with E-state index in [0.717, 1.165) is 17.8 Å². The lowest BCUT2D eigenvalue weighted by atomic mass is 9.98. The maximum absolute atomic E-state index is 2.44. The number of rotatable bonds is 9. The van der Waals surface area contributed by atoms with Gasteiger partial charge in [0.1, 0.15) is 0 Å². The molecule has 286 valence electrons. The molecule has 0 unspecified atom stereocenters. The summed E-state index contributed by atoms with van der Waals surface area (Å²) in [7, 11) is 0. The van der Waals surface area contributed by atoms with Crippen LogP contribution < -0.4 is 0 Å². The highest BCUT2D eigenvalue weighted by Gasteiger charge is 2.20. The van der Waals surface area contributed by atoms with Gasteiger partial charge in [-0.05, 0) is 118 Å². The van der Waals surface area contributed by atoms with Crippen LogP contribution in [0.15, 0.2) is 212 Å². The number of aromatic nitrogens is 2. The largest absolute Gasteiger partial charge is 0.309 e. The summed E-state index contributed by atoms with van der Waals surface area (Å²) in [6.07, 6.45) is 3.58. The van der Waals surface area contributed by atoms with Gasteiger partial charge >= 0.3 is 0 Å². The zero-order valence-electron chi connectivity index (χ0n) is 33.7. The third kappa shape index (κ3) is 6.20. The molecular weight excluding hydrogens is 725 g/mol. The fourth-order valence-electron chi connectivity index (χ4n) is 9.33. The van der Waals surface area contributed by atoms with E-state index in [9.17, 15) is 0 Å². The molecule has 11 rings (SSSR count). The first-order valence-corrected chi connectivity index (χ1v) is 21.2. The molecule has 0 saturated carbocycles. The van der Waals surface area contributed by atoms with Crippen LogP contribution in [0.3, 0.4) is 0 Å². The molecule has 0 radical (unpaired) electrons. The Kier molecular flexibility index (Phi) is 8.97. The van der Waals surface area contributed by atoms with Crippen LogP contribution >= 0.6 is 0 Å². The number of nitrogens with zero attached hydrogens (tertiary/aromatic N) is 2. The van der Waals surface area contributed by atoms with Crippen LogP contribution in [0.25, 0.3) is 99.5 Å². The van der Waals surface area contributed by atoms with Crippen LogP contribution in [0.1, 0.15) is 25.3 Å². The van der Waals surface area contributed by atoms with Crippen LogP contribution in [0.2, 0.25) is 0 Å². The van der Waals surface area contributed by atoms with E-state index in [-0.39, 0.29) is 0 Å². The number of para-hydroxylation sites is 2. The summed E-state index contributed by atoms with van der Waals surface area (Å²) in [5.41, 5.74) is 18.4. The van der Waals surface area contributed by atoms with Gasteiger partial charge in [-0.1, -0.05) is 171 Å². The molecule has 2 heteroatoms. The molecular formula is C58H44N2. The Morgan fingerprint density at radius 1 is 0.317 bits per heavy atom. The average molecular weight is 769 g/mol. The van der Waals surface area contributed by atoms with Crippen molar-refractivity contribution in [1.82, 2.24) is 9.13 Å². The minimum absolute atomic E-state index is 1.13. The van der Waals surface area contributed by atoms with Crippen molar-refractivity contribution in [3.05, 3.63) is 218 Å². The number of hydrogen-bond acceptors (Lipinski definition) is 0. The number of fused-ring (bicyclic) bond motifs is 7. The van der Waals surface area contributed by atoms with Crippen LogP contribution in [0.4, 0.5) is 0 Å². The lowest BCUT2D eigenvalue weighted by molar-refractivity contribution is 0.795. The molecule has 0 spiro atoms. The van der Waals surface area contributed by atoms with Crippen molar-refractivity contribution in [2.24, 2.45) is 0 Å². The van der Waals surface area contributed by atoms with Gasteiger partial charge in [0.15, 0.2) is 0 Å². The predicted octanol–water partition coefficient (Wildman–Crippen LogP) is 15.9. The Bertz CT molecular complexity index is 3310. The first-order chi connectivity index (χ1) is 29.7. The van der Waals surface area contributed by atoms with Gasteiger partial charge in [0, 0.05) is 32.9 Å². The lowest BCUT2D eigenvalue weighted by Crippen LogP contribution is -1.95. The number of unbranched alkanes of at least 4 members (excludes halogenated alkanes) is 1. The van der Waals surface area contributed by atoms with E-state index in [0.29, 0.717) is 0 Å². The topological polar surface area (TPSA) is 9.86 Å². The molecule has 0 N–H and O–H groups in total. The molecule has 0 fully saturated rings. The quantitative estimate of drug-likeness (QED) is 0.138. The predicted molar refractivity (Wildman–Crippen MR) is 255 cm³/mol. The van der Waals surface area contributed by atoms with Gasteiger partial charge < -0.3 is 9.13 Å². The molecule has 9 aromatic carbocycles. The highest BCUT2D eigenvalue weighted by atomic mass is 15.0. The van der Waals surface area contributed by atoms with Gasteiger partial charge in [-0.25, -0.2) is 0 Å². The van der Waals surface area contributed by atoms with E-state index in [1.165, 1.54) is 107 Å². The first kappa shape index (κ1) is 35.7. The summed E-state index contributed by atoms with van der Waals surface area (Å²) in [6.45, 7) is 2.25. The van der Waals surface area contributed by atoms with E-state index in [1.54, 1.807) is 0 Å². The van der Waals surface area contributed by atoms with Crippen LogP contribution in [0.5, 0.6) is 0 Å². The highest BCUT2D eigenvalue weighted by Crippen LogP contribution is 2.43. The zero-order chi connectivity index (χ0) is 40.0. The van der Waals surface area contributed by atoms with E-state index in [1.807, 2.05) is 0 Å². The summed E-state index contributed by atoms with van der Waals surface area (Å²) < 4.78 is 4.87. The first-order valence-electron chi connectivity index (χ1n) is 21.2. The summed E-state index contributed by atoms with van der Waals surface area (Å²) in [5, 5.41) is 5.08. The Labute approximate surface area is 351 Å². The van der Waals surface area contributed by atoms with Crippen molar-refractivity contribution in [1.29, 1.82) is 0 Å². The van der Waals surface area contributed by atoms with Gasteiger partial charge in [-0.15, -0.1) is 0 Å². The minimum atomic E-state index is 1.13. The molecule has 11 aromatic rings. The Hall–Kier alpha value is -7.42. The SMILES string of the molecule is CCCCc1cccc(-c2ccc(-c3ccc(-n4c5ccccc5c5c6c7ccccc7n(-c7ccc(-c8cccc(-c9ccccc9)c8)cc7)c6ccc54)cc3)cc2)c1. The van der Waals surface area contributed by atoms with E-state index in [4.69, 9.17) is 0 Å². The second kappa shape index (κ2) is 15.1. The van der Waals surface area contributed by atoms with Crippen molar-refractivity contribution in [3.8, 4) is 55.9 Å². The molecule has 0 aliphatic rings. The molecule has 60 heavy (non-hydrogen) atoms. The summed E-state index contributed by atoms with van der Waals surface area (Å²) >= 11 is 0. The van der Waals surface area contributed by atoms with Crippen LogP contribution in [-0.2, 0) is 6.42 Å². The Morgan fingerprint density at radius 2 is 0.717 bits per heavy atom. The molecule has 0 atom stereocenters. The molecule has 0 aliphatic heterocycles. The second-order valence-electron chi connectivity index (χ2n) is 16.0. The maximum atomic E-state index is 2.44. The number of benzene rings is 9.